The maximum atomic E-state index is 5.66. The molecule has 0 saturated heterocycles. The molecule has 0 atom stereocenters. The van der Waals surface area contributed by atoms with Crippen molar-refractivity contribution in [3.8, 4) is 11.5 Å². The second-order valence-electron chi connectivity index (χ2n) is 5.30. The van der Waals surface area contributed by atoms with Crippen molar-refractivity contribution in [3.05, 3.63) is 59.7 Å². The lowest BCUT2D eigenvalue weighted by Crippen LogP contribution is -2.12. The number of hydrogen-bond donors (Lipinski definition) is 1. The SMILES string of the molecule is CCCCOc1ccc(CNCc2ccc(OC)cc2)cc1. The van der Waals surface area contributed by atoms with Gasteiger partial charge in [-0.25, -0.2) is 0 Å². The van der Waals surface area contributed by atoms with Crippen LogP contribution in [0.2, 0.25) is 0 Å². The Labute approximate surface area is 133 Å². The molecule has 0 aliphatic carbocycles. The fourth-order valence-electron chi connectivity index (χ4n) is 2.13. The Morgan fingerprint density at radius 2 is 1.36 bits per heavy atom. The molecule has 118 valence electrons. The third-order valence-electron chi connectivity index (χ3n) is 3.51. The van der Waals surface area contributed by atoms with Crippen LogP contribution in [0.25, 0.3) is 0 Å². The molecule has 2 rings (SSSR count). The van der Waals surface area contributed by atoms with Crippen LogP contribution in [-0.4, -0.2) is 13.7 Å². The van der Waals surface area contributed by atoms with Crippen molar-refractivity contribution in [1.82, 2.24) is 5.32 Å². The van der Waals surface area contributed by atoms with Crippen LogP contribution >= 0.6 is 0 Å². The van der Waals surface area contributed by atoms with Gasteiger partial charge in [0.15, 0.2) is 0 Å². The van der Waals surface area contributed by atoms with Gasteiger partial charge in [0.1, 0.15) is 11.5 Å². The highest BCUT2D eigenvalue weighted by molar-refractivity contribution is 5.28. The highest BCUT2D eigenvalue weighted by atomic mass is 16.5. The van der Waals surface area contributed by atoms with Gasteiger partial charge >= 0.3 is 0 Å². The van der Waals surface area contributed by atoms with E-state index in [0.717, 1.165) is 44.0 Å². The van der Waals surface area contributed by atoms with Gasteiger partial charge in [0, 0.05) is 13.1 Å². The maximum absolute atomic E-state index is 5.66. The van der Waals surface area contributed by atoms with Crippen LogP contribution in [0, 0.1) is 0 Å². The Bertz CT molecular complexity index is 534. The minimum atomic E-state index is 0.797. The summed E-state index contributed by atoms with van der Waals surface area (Å²) in [7, 11) is 1.68. The summed E-state index contributed by atoms with van der Waals surface area (Å²) in [5.41, 5.74) is 2.51. The van der Waals surface area contributed by atoms with Crippen LogP contribution in [0.1, 0.15) is 30.9 Å². The fraction of sp³-hybridized carbons (Fsp3) is 0.368. The van der Waals surface area contributed by atoms with Crippen LogP contribution in [0.5, 0.6) is 11.5 Å². The molecule has 0 amide bonds. The molecule has 0 bridgehead atoms. The molecule has 3 nitrogen and oxygen atoms in total. The summed E-state index contributed by atoms with van der Waals surface area (Å²) < 4.78 is 10.8. The molecule has 0 spiro atoms. The predicted molar refractivity (Wildman–Crippen MR) is 90.4 cm³/mol. The molecule has 22 heavy (non-hydrogen) atoms. The van der Waals surface area contributed by atoms with Crippen molar-refractivity contribution in [2.24, 2.45) is 0 Å². The number of hydrogen-bond acceptors (Lipinski definition) is 3. The molecule has 0 radical (unpaired) electrons. The van der Waals surface area contributed by atoms with E-state index in [4.69, 9.17) is 9.47 Å². The summed E-state index contributed by atoms with van der Waals surface area (Å²) in [6.07, 6.45) is 2.26. The molecule has 0 aliphatic rings. The molecule has 3 heteroatoms. The molecule has 0 fully saturated rings. The molecule has 2 aromatic rings. The second-order valence-corrected chi connectivity index (χ2v) is 5.30. The van der Waals surface area contributed by atoms with Gasteiger partial charge in [-0.05, 0) is 41.8 Å². The second kappa shape index (κ2) is 9.11. The zero-order valence-corrected chi connectivity index (χ0v) is 13.5. The van der Waals surface area contributed by atoms with E-state index in [1.807, 2.05) is 24.3 Å². The van der Waals surface area contributed by atoms with Gasteiger partial charge in [-0.1, -0.05) is 37.6 Å². The standard InChI is InChI=1S/C19H25NO2/c1-3-4-13-22-19-11-7-17(8-12-19)15-20-14-16-5-9-18(21-2)10-6-16/h5-12,20H,3-4,13-15H2,1-2H3. The first-order chi connectivity index (χ1) is 10.8. The van der Waals surface area contributed by atoms with E-state index in [0.29, 0.717) is 0 Å². The van der Waals surface area contributed by atoms with Crippen LogP contribution in [-0.2, 0) is 13.1 Å². The van der Waals surface area contributed by atoms with E-state index >= 15 is 0 Å². The van der Waals surface area contributed by atoms with Crippen molar-refractivity contribution >= 4 is 0 Å². The lowest BCUT2D eigenvalue weighted by molar-refractivity contribution is 0.309. The van der Waals surface area contributed by atoms with Crippen LogP contribution in [0.4, 0.5) is 0 Å². The number of unbranched alkanes of at least 4 members (excludes halogenated alkanes) is 1. The monoisotopic (exact) mass is 299 g/mol. The van der Waals surface area contributed by atoms with Gasteiger partial charge in [0.2, 0.25) is 0 Å². The zero-order valence-electron chi connectivity index (χ0n) is 13.5. The number of rotatable bonds is 9. The lowest BCUT2D eigenvalue weighted by atomic mass is 10.2. The molecular formula is C19H25NO2. The normalized spacial score (nSPS) is 10.5. The number of methoxy groups -OCH3 is 1. The van der Waals surface area contributed by atoms with Crippen molar-refractivity contribution < 1.29 is 9.47 Å². The lowest BCUT2D eigenvalue weighted by Gasteiger charge is -2.08. The molecular weight excluding hydrogens is 274 g/mol. The summed E-state index contributed by atoms with van der Waals surface area (Å²) in [6.45, 7) is 4.66. The molecule has 0 aliphatic heterocycles. The van der Waals surface area contributed by atoms with Gasteiger partial charge in [0.25, 0.3) is 0 Å². The average molecular weight is 299 g/mol. The minimum Gasteiger partial charge on any atom is -0.497 e. The van der Waals surface area contributed by atoms with Crippen LogP contribution in [0.3, 0.4) is 0 Å². The highest BCUT2D eigenvalue weighted by Crippen LogP contribution is 2.13. The Kier molecular flexibility index (Phi) is 6.78. The van der Waals surface area contributed by atoms with E-state index in [-0.39, 0.29) is 0 Å². The molecule has 0 aromatic heterocycles. The van der Waals surface area contributed by atoms with Crippen molar-refractivity contribution in [2.45, 2.75) is 32.9 Å². The third kappa shape index (κ3) is 5.41. The van der Waals surface area contributed by atoms with E-state index < -0.39 is 0 Å². The van der Waals surface area contributed by atoms with Gasteiger partial charge in [-0.2, -0.15) is 0 Å². The Morgan fingerprint density at radius 3 is 1.86 bits per heavy atom. The molecule has 2 aromatic carbocycles. The van der Waals surface area contributed by atoms with Crippen molar-refractivity contribution in [3.63, 3.8) is 0 Å². The number of nitrogens with one attached hydrogen (secondary N) is 1. The molecule has 1 N–H and O–H groups in total. The maximum Gasteiger partial charge on any atom is 0.119 e. The van der Waals surface area contributed by atoms with E-state index in [1.165, 1.54) is 11.1 Å². The summed E-state index contributed by atoms with van der Waals surface area (Å²) in [5.74, 6) is 1.84. The topological polar surface area (TPSA) is 30.5 Å². The van der Waals surface area contributed by atoms with Crippen LogP contribution < -0.4 is 14.8 Å². The number of benzene rings is 2. The number of ether oxygens (including phenoxy) is 2. The zero-order chi connectivity index (χ0) is 15.6. The van der Waals surface area contributed by atoms with Crippen molar-refractivity contribution in [1.29, 1.82) is 0 Å². The van der Waals surface area contributed by atoms with E-state index in [9.17, 15) is 0 Å². The van der Waals surface area contributed by atoms with Crippen molar-refractivity contribution in [2.75, 3.05) is 13.7 Å². The molecule has 0 saturated carbocycles. The Balaban J connectivity index is 1.74. The van der Waals surface area contributed by atoms with E-state index in [2.05, 4.69) is 36.5 Å². The highest BCUT2D eigenvalue weighted by Gasteiger charge is 1.97. The fourth-order valence-corrected chi connectivity index (χ4v) is 2.13. The first-order valence-corrected chi connectivity index (χ1v) is 7.87. The van der Waals surface area contributed by atoms with Crippen LogP contribution in [0.15, 0.2) is 48.5 Å². The average Bonchev–Trinajstić information content (AvgIpc) is 2.57. The van der Waals surface area contributed by atoms with Gasteiger partial charge in [0.05, 0.1) is 13.7 Å². The largest absolute Gasteiger partial charge is 0.497 e. The predicted octanol–water partition coefficient (Wildman–Crippen LogP) is 4.16. The Hall–Kier alpha value is -2.00. The molecule has 0 heterocycles. The first kappa shape index (κ1) is 16.4. The minimum absolute atomic E-state index is 0.797. The van der Waals surface area contributed by atoms with Gasteiger partial charge in [-0.3, -0.25) is 0 Å². The third-order valence-corrected chi connectivity index (χ3v) is 3.51. The van der Waals surface area contributed by atoms with Gasteiger partial charge in [-0.15, -0.1) is 0 Å². The summed E-state index contributed by atoms with van der Waals surface area (Å²) >= 11 is 0. The summed E-state index contributed by atoms with van der Waals surface area (Å²) in [4.78, 5) is 0. The van der Waals surface area contributed by atoms with E-state index in [1.54, 1.807) is 7.11 Å². The first-order valence-electron chi connectivity index (χ1n) is 7.87. The summed E-state index contributed by atoms with van der Waals surface area (Å²) in [5, 5.41) is 3.45. The summed E-state index contributed by atoms with van der Waals surface area (Å²) in [6, 6.07) is 16.4. The van der Waals surface area contributed by atoms with Gasteiger partial charge < -0.3 is 14.8 Å². The smallest absolute Gasteiger partial charge is 0.119 e. The Morgan fingerprint density at radius 1 is 0.818 bits per heavy atom. The molecule has 0 unspecified atom stereocenters. The quantitative estimate of drug-likeness (QED) is 0.705.